The van der Waals surface area contributed by atoms with E-state index >= 15 is 0 Å². The highest BCUT2D eigenvalue weighted by molar-refractivity contribution is 5.80. The van der Waals surface area contributed by atoms with Crippen molar-refractivity contribution < 1.29 is 9.64 Å². The van der Waals surface area contributed by atoms with Crippen LogP contribution in [0.15, 0.2) is 23.0 Å². The minimum atomic E-state index is -0.209. The molecular formula is C22H29N6O2+. The van der Waals surface area contributed by atoms with Crippen LogP contribution in [0.5, 0.6) is 0 Å². The molecule has 1 aliphatic heterocycles. The molecule has 5 rings (SSSR count). The van der Waals surface area contributed by atoms with E-state index in [9.17, 15) is 4.79 Å². The second-order valence-corrected chi connectivity index (χ2v) is 8.70. The van der Waals surface area contributed by atoms with Gasteiger partial charge in [0, 0.05) is 5.52 Å². The van der Waals surface area contributed by atoms with Gasteiger partial charge in [-0.25, -0.2) is 4.68 Å². The van der Waals surface area contributed by atoms with E-state index in [4.69, 9.17) is 4.74 Å². The first-order chi connectivity index (χ1) is 14.6. The number of quaternary nitrogens is 1. The van der Waals surface area contributed by atoms with E-state index in [0.717, 1.165) is 48.2 Å². The van der Waals surface area contributed by atoms with E-state index < -0.39 is 0 Å². The summed E-state index contributed by atoms with van der Waals surface area (Å²) in [6.07, 6.45) is 4.59. The number of tetrazole rings is 1. The van der Waals surface area contributed by atoms with Gasteiger partial charge in [-0.3, -0.25) is 4.79 Å². The van der Waals surface area contributed by atoms with E-state index in [-0.39, 0.29) is 11.6 Å². The molecule has 0 amide bonds. The topological polar surface area (TPSA) is 90.1 Å². The van der Waals surface area contributed by atoms with Gasteiger partial charge >= 0.3 is 0 Å². The molecular weight excluding hydrogens is 380 g/mol. The van der Waals surface area contributed by atoms with Crippen LogP contribution in [-0.2, 0) is 4.74 Å². The molecule has 1 aromatic carbocycles. The fourth-order valence-electron chi connectivity index (χ4n) is 4.97. The number of hydrogen-bond acceptors (Lipinski definition) is 5. The maximum atomic E-state index is 13.3. The van der Waals surface area contributed by atoms with Crippen molar-refractivity contribution in [3.8, 4) is 0 Å². The third kappa shape index (κ3) is 3.44. The molecule has 1 atom stereocenters. The number of hydrogen-bond donors (Lipinski definition) is 2. The third-order valence-electron chi connectivity index (χ3n) is 6.79. The molecule has 0 unspecified atom stereocenters. The van der Waals surface area contributed by atoms with Crippen LogP contribution in [0.3, 0.4) is 0 Å². The normalized spacial score (nSPS) is 19.5. The van der Waals surface area contributed by atoms with Gasteiger partial charge in [0.15, 0.2) is 6.04 Å². The summed E-state index contributed by atoms with van der Waals surface area (Å²) in [5.74, 6) is 0.799. The Morgan fingerprint density at radius 3 is 2.63 bits per heavy atom. The SMILES string of the molecule is Cc1cc2cc([C@@H](c3nnnn3C3CCCC3)[NH+]3CCOCC3)c(=O)[nH]c2cc1C. The highest BCUT2D eigenvalue weighted by Crippen LogP contribution is 2.31. The van der Waals surface area contributed by atoms with E-state index in [1.54, 1.807) is 0 Å². The van der Waals surface area contributed by atoms with Gasteiger partial charge < -0.3 is 14.6 Å². The van der Waals surface area contributed by atoms with Crippen molar-refractivity contribution in [3.05, 3.63) is 51.1 Å². The van der Waals surface area contributed by atoms with Gasteiger partial charge in [0.1, 0.15) is 13.1 Å². The van der Waals surface area contributed by atoms with Gasteiger partial charge in [-0.15, -0.1) is 5.10 Å². The smallest absolute Gasteiger partial charge is 0.258 e. The molecule has 2 fully saturated rings. The zero-order chi connectivity index (χ0) is 20.7. The Bertz CT molecular complexity index is 1110. The van der Waals surface area contributed by atoms with Gasteiger partial charge in [0.2, 0.25) is 5.82 Å². The summed E-state index contributed by atoms with van der Waals surface area (Å²) in [7, 11) is 0. The summed E-state index contributed by atoms with van der Waals surface area (Å²) in [4.78, 5) is 17.7. The number of pyridine rings is 1. The van der Waals surface area contributed by atoms with Crippen LogP contribution < -0.4 is 10.5 Å². The number of benzene rings is 1. The summed E-state index contributed by atoms with van der Waals surface area (Å²) in [6.45, 7) is 7.18. The molecule has 3 aromatic rings. The number of ether oxygens (including phenoxy) is 1. The summed E-state index contributed by atoms with van der Waals surface area (Å²) in [5, 5.41) is 13.9. The highest BCUT2D eigenvalue weighted by Gasteiger charge is 2.37. The number of aryl methyl sites for hydroxylation is 2. The van der Waals surface area contributed by atoms with Gasteiger partial charge in [-0.1, -0.05) is 12.8 Å². The number of nitrogens with zero attached hydrogens (tertiary/aromatic N) is 4. The molecule has 8 heteroatoms. The minimum Gasteiger partial charge on any atom is -0.370 e. The van der Waals surface area contributed by atoms with Crippen molar-refractivity contribution >= 4 is 10.9 Å². The highest BCUT2D eigenvalue weighted by atomic mass is 16.5. The lowest BCUT2D eigenvalue weighted by atomic mass is 10.0. The standard InChI is InChI=1S/C22H28N6O2/c1-14-11-16-13-18(22(29)23-19(16)12-15(14)2)20(27-7-9-30-10-8-27)21-24-25-26-28(21)17-5-3-4-6-17/h11-13,17,20H,3-10H2,1-2H3,(H,23,29)/p+1/t20-/m0/s1. The molecule has 1 aliphatic carbocycles. The monoisotopic (exact) mass is 409 g/mol. The predicted molar refractivity (Wildman–Crippen MR) is 113 cm³/mol. The molecule has 2 N–H and O–H groups in total. The fraction of sp³-hybridized carbons (Fsp3) is 0.545. The number of fused-ring (bicyclic) bond motifs is 1. The van der Waals surface area contributed by atoms with Gasteiger partial charge in [0.25, 0.3) is 5.56 Å². The zero-order valence-electron chi connectivity index (χ0n) is 17.6. The molecule has 158 valence electrons. The van der Waals surface area contributed by atoms with E-state index in [1.807, 2.05) is 10.7 Å². The first-order valence-corrected chi connectivity index (χ1v) is 11.0. The second kappa shape index (κ2) is 7.92. The Labute approximate surface area is 175 Å². The van der Waals surface area contributed by atoms with Gasteiger partial charge in [0.05, 0.1) is 24.8 Å². The maximum Gasteiger partial charge on any atom is 0.258 e. The zero-order valence-corrected chi connectivity index (χ0v) is 17.6. The summed E-state index contributed by atoms with van der Waals surface area (Å²) in [5.41, 5.74) is 3.93. The Hall–Kier alpha value is -2.58. The summed E-state index contributed by atoms with van der Waals surface area (Å²) >= 11 is 0. The largest absolute Gasteiger partial charge is 0.370 e. The summed E-state index contributed by atoms with van der Waals surface area (Å²) in [6, 6.07) is 6.35. The van der Waals surface area contributed by atoms with Crippen LogP contribution in [0.2, 0.25) is 0 Å². The van der Waals surface area contributed by atoms with Crippen molar-refractivity contribution in [1.29, 1.82) is 0 Å². The number of aromatic nitrogens is 5. The minimum absolute atomic E-state index is 0.0595. The predicted octanol–water partition coefficient (Wildman–Crippen LogP) is 1.25. The van der Waals surface area contributed by atoms with Gasteiger partial charge in [-0.05, 0) is 71.8 Å². The fourth-order valence-corrected chi connectivity index (χ4v) is 4.97. The Morgan fingerprint density at radius 2 is 1.87 bits per heavy atom. The quantitative estimate of drug-likeness (QED) is 0.677. The van der Waals surface area contributed by atoms with Gasteiger partial charge in [-0.2, -0.15) is 0 Å². The van der Waals surface area contributed by atoms with Crippen molar-refractivity contribution in [2.24, 2.45) is 0 Å². The molecule has 0 radical (unpaired) electrons. The number of H-pyrrole nitrogens is 1. The number of aromatic amines is 1. The number of morpholine rings is 1. The molecule has 0 spiro atoms. The van der Waals surface area contributed by atoms with Crippen LogP contribution in [-0.4, -0.2) is 51.5 Å². The lowest BCUT2D eigenvalue weighted by Gasteiger charge is -2.31. The van der Waals surface area contributed by atoms with Crippen molar-refractivity contribution in [2.75, 3.05) is 26.3 Å². The lowest BCUT2D eigenvalue weighted by Crippen LogP contribution is -3.14. The van der Waals surface area contributed by atoms with Crippen LogP contribution in [0, 0.1) is 13.8 Å². The summed E-state index contributed by atoms with van der Waals surface area (Å²) < 4.78 is 7.59. The average molecular weight is 410 g/mol. The Kier molecular flexibility index (Phi) is 5.12. The van der Waals surface area contributed by atoms with Crippen molar-refractivity contribution in [3.63, 3.8) is 0 Å². The Morgan fingerprint density at radius 1 is 1.13 bits per heavy atom. The molecule has 1 saturated carbocycles. The molecule has 8 nitrogen and oxygen atoms in total. The van der Waals surface area contributed by atoms with E-state index in [2.05, 4.69) is 46.5 Å². The van der Waals surface area contributed by atoms with Crippen molar-refractivity contribution in [1.82, 2.24) is 25.2 Å². The maximum absolute atomic E-state index is 13.3. The Balaban J connectivity index is 1.66. The molecule has 30 heavy (non-hydrogen) atoms. The van der Waals surface area contributed by atoms with E-state index in [1.165, 1.54) is 28.9 Å². The average Bonchev–Trinajstić information content (AvgIpc) is 3.43. The van der Waals surface area contributed by atoms with Crippen molar-refractivity contribution in [2.45, 2.75) is 51.6 Å². The first kappa shape index (κ1) is 19.4. The molecule has 2 aliphatic rings. The van der Waals surface area contributed by atoms with Crippen LogP contribution >= 0.6 is 0 Å². The van der Waals surface area contributed by atoms with E-state index in [0.29, 0.717) is 19.3 Å². The number of rotatable bonds is 4. The van der Waals surface area contributed by atoms with Crippen LogP contribution in [0.1, 0.15) is 60.3 Å². The number of nitrogens with one attached hydrogen (secondary N) is 2. The molecule has 0 bridgehead atoms. The van der Waals surface area contributed by atoms with Crippen LogP contribution in [0.25, 0.3) is 10.9 Å². The third-order valence-corrected chi connectivity index (χ3v) is 6.79. The van der Waals surface area contributed by atoms with Crippen LogP contribution in [0.4, 0.5) is 0 Å². The molecule has 3 heterocycles. The molecule has 1 saturated heterocycles. The first-order valence-electron chi connectivity index (χ1n) is 11.0. The molecule has 2 aromatic heterocycles. The lowest BCUT2D eigenvalue weighted by molar-refractivity contribution is -0.933. The second-order valence-electron chi connectivity index (χ2n) is 8.70.